The van der Waals surface area contributed by atoms with E-state index in [2.05, 4.69) is 0 Å². The van der Waals surface area contributed by atoms with Crippen molar-refractivity contribution in [3.05, 3.63) is 100 Å². The summed E-state index contributed by atoms with van der Waals surface area (Å²) in [6.45, 7) is 3.76. The van der Waals surface area contributed by atoms with Gasteiger partial charge in [-0.2, -0.15) is 0 Å². The van der Waals surface area contributed by atoms with Crippen LogP contribution >= 0.6 is 0 Å². The number of carbonyl (C=O) groups excluding carboxylic acids is 2. The number of halogens is 1. The molecule has 32 heavy (non-hydrogen) atoms. The predicted molar refractivity (Wildman–Crippen MR) is 120 cm³/mol. The van der Waals surface area contributed by atoms with E-state index in [0.29, 0.717) is 17.0 Å². The first-order valence-corrected chi connectivity index (χ1v) is 10.1. The average Bonchev–Trinajstić information content (AvgIpc) is 3.06. The first kappa shape index (κ1) is 21.3. The Hall–Kier alpha value is -3.93. The lowest BCUT2D eigenvalue weighted by molar-refractivity contribution is -0.132. The van der Waals surface area contributed by atoms with E-state index in [9.17, 15) is 19.1 Å². The van der Waals surface area contributed by atoms with E-state index in [4.69, 9.17) is 4.74 Å². The van der Waals surface area contributed by atoms with Gasteiger partial charge in [-0.05, 0) is 73.0 Å². The van der Waals surface area contributed by atoms with E-state index in [1.54, 1.807) is 24.3 Å². The quantitative estimate of drug-likeness (QED) is 0.356. The van der Waals surface area contributed by atoms with Crippen LogP contribution in [0.3, 0.4) is 0 Å². The SMILES string of the molecule is COc1cccc(C2/C(=C(\O)c3ccc(F)cc3)C(=O)C(=O)N2c2cc(C)ccc2C)c1. The van der Waals surface area contributed by atoms with Crippen molar-refractivity contribution in [1.82, 2.24) is 0 Å². The van der Waals surface area contributed by atoms with Crippen LogP contribution in [0, 0.1) is 19.7 Å². The fraction of sp³-hybridized carbons (Fsp3) is 0.154. The molecule has 3 aromatic carbocycles. The molecular formula is C26H22FNO4. The van der Waals surface area contributed by atoms with Gasteiger partial charge < -0.3 is 9.84 Å². The maximum absolute atomic E-state index is 13.4. The molecule has 0 aliphatic carbocycles. The minimum absolute atomic E-state index is 0.0595. The van der Waals surface area contributed by atoms with E-state index < -0.39 is 23.5 Å². The molecule has 1 amide bonds. The molecule has 5 nitrogen and oxygen atoms in total. The van der Waals surface area contributed by atoms with Crippen LogP contribution in [0.25, 0.3) is 5.76 Å². The highest BCUT2D eigenvalue weighted by atomic mass is 19.1. The normalized spacial score (nSPS) is 17.6. The van der Waals surface area contributed by atoms with Gasteiger partial charge in [-0.15, -0.1) is 0 Å². The molecule has 1 N–H and O–H groups in total. The lowest BCUT2D eigenvalue weighted by Gasteiger charge is -2.27. The maximum Gasteiger partial charge on any atom is 0.300 e. The molecule has 6 heteroatoms. The second-order valence-corrected chi connectivity index (χ2v) is 7.74. The third-order valence-electron chi connectivity index (χ3n) is 5.60. The minimum Gasteiger partial charge on any atom is -0.507 e. The summed E-state index contributed by atoms with van der Waals surface area (Å²) in [7, 11) is 1.53. The number of nitrogens with zero attached hydrogens (tertiary/aromatic N) is 1. The summed E-state index contributed by atoms with van der Waals surface area (Å²) in [5, 5.41) is 11.1. The highest BCUT2D eigenvalue weighted by Crippen LogP contribution is 2.43. The Morgan fingerprint density at radius 2 is 1.72 bits per heavy atom. The van der Waals surface area contributed by atoms with Crippen LogP contribution in [-0.2, 0) is 9.59 Å². The highest BCUT2D eigenvalue weighted by molar-refractivity contribution is 6.51. The number of carbonyl (C=O) groups is 2. The molecule has 1 atom stereocenters. The summed E-state index contributed by atoms with van der Waals surface area (Å²) in [6.07, 6.45) is 0. The van der Waals surface area contributed by atoms with Crippen LogP contribution in [0.5, 0.6) is 5.75 Å². The Bertz CT molecular complexity index is 1250. The van der Waals surface area contributed by atoms with Gasteiger partial charge in [-0.25, -0.2) is 4.39 Å². The average molecular weight is 431 g/mol. The highest BCUT2D eigenvalue weighted by Gasteiger charge is 2.47. The van der Waals surface area contributed by atoms with Gasteiger partial charge in [0.25, 0.3) is 11.7 Å². The molecule has 1 fully saturated rings. The number of hydrogen-bond acceptors (Lipinski definition) is 4. The van der Waals surface area contributed by atoms with Gasteiger partial charge in [-0.3, -0.25) is 14.5 Å². The Kier molecular flexibility index (Phi) is 5.53. The molecule has 1 saturated heterocycles. The molecule has 0 spiro atoms. The lowest BCUT2D eigenvalue weighted by Crippen LogP contribution is -2.30. The van der Waals surface area contributed by atoms with Gasteiger partial charge in [0, 0.05) is 11.3 Å². The first-order valence-electron chi connectivity index (χ1n) is 10.1. The van der Waals surface area contributed by atoms with Gasteiger partial charge in [-0.1, -0.05) is 24.3 Å². The van der Waals surface area contributed by atoms with Gasteiger partial charge >= 0.3 is 0 Å². The van der Waals surface area contributed by atoms with Gasteiger partial charge in [0.1, 0.15) is 17.3 Å². The number of benzene rings is 3. The van der Waals surface area contributed by atoms with Crippen LogP contribution in [0.15, 0.2) is 72.3 Å². The molecule has 162 valence electrons. The van der Waals surface area contributed by atoms with E-state index >= 15 is 0 Å². The Morgan fingerprint density at radius 3 is 2.41 bits per heavy atom. The largest absolute Gasteiger partial charge is 0.507 e. The zero-order valence-electron chi connectivity index (χ0n) is 17.9. The molecule has 0 aromatic heterocycles. The Morgan fingerprint density at radius 1 is 1.00 bits per heavy atom. The van der Waals surface area contributed by atoms with E-state index in [-0.39, 0.29) is 16.9 Å². The van der Waals surface area contributed by atoms with Crippen LogP contribution in [0.2, 0.25) is 0 Å². The Balaban J connectivity index is 1.99. The summed E-state index contributed by atoms with van der Waals surface area (Å²) in [4.78, 5) is 27.8. The maximum atomic E-state index is 13.4. The molecule has 0 saturated carbocycles. The molecule has 1 aliphatic rings. The molecular weight excluding hydrogens is 409 g/mol. The molecule has 3 aromatic rings. The number of Topliss-reactive ketones (excluding diaryl/α,β-unsaturated/α-hetero) is 1. The Labute approximate surface area is 185 Å². The van der Waals surface area contributed by atoms with Gasteiger partial charge in [0.05, 0.1) is 18.7 Å². The zero-order chi connectivity index (χ0) is 23.0. The molecule has 0 radical (unpaired) electrons. The number of methoxy groups -OCH3 is 1. The fourth-order valence-electron chi connectivity index (χ4n) is 3.95. The van der Waals surface area contributed by atoms with Crippen molar-refractivity contribution in [2.24, 2.45) is 0 Å². The summed E-state index contributed by atoms with van der Waals surface area (Å²) in [6, 6.07) is 16.9. The third-order valence-corrected chi connectivity index (χ3v) is 5.60. The van der Waals surface area contributed by atoms with E-state index in [0.717, 1.165) is 11.1 Å². The van der Waals surface area contributed by atoms with Crippen molar-refractivity contribution in [1.29, 1.82) is 0 Å². The number of hydrogen-bond donors (Lipinski definition) is 1. The molecule has 1 heterocycles. The predicted octanol–water partition coefficient (Wildman–Crippen LogP) is 5.08. The number of aryl methyl sites for hydroxylation is 2. The van der Waals surface area contributed by atoms with Crippen molar-refractivity contribution >= 4 is 23.1 Å². The van der Waals surface area contributed by atoms with E-state index in [1.807, 2.05) is 32.0 Å². The van der Waals surface area contributed by atoms with Crippen molar-refractivity contribution in [3.63, 3.8) is 0 Å². The summed E-state index contributed by atoms with van der Waals surface area (Å²) >= 11 is 0. The second kappa shape index (κ2) is 8.30. The molecule has 1 unspecified atom stereocenters. The third kappa shape index (κ3) is 3.64. The standard InChI is InChI=1S/C26H22FNO4/c1-15-7-8-16(2)21(13-15)28-23(18-5-4-6-20(14-18)32-3)22(25(30)26(28)31)24(29)17-9-11-19(27)12-10-17/h4-14,23,29H,1-3H3/b24-22+. The lowest BCUT2D eigenvalue weighted by atomic mass is 9.94. The molecule has 1 aliphatic heterocycles. The monoisotopic (exact) mass is 431 g/mol. The number of ether oxygens (including phenoxy) is 1. The van der Waals surface area contributed by atoms with Crippen molar-refractivity contribution < 1.29 is 23.8 Å². The van der Waals surface area contributed by atoms with Crippen molar-refractivity contribution in [2.75, 3.05) is 12.0 Å². The van der Waals surface area contributed by atoms with Crippen LogP contribution in [0.1, 0.15) is 28.3 Å². The number of aliphatic hydroxyl groups is 1. The smallest absolute Gasteiger partial charge is 0.300 e. The number of anilines is 1. The fourth-order valence-corrected chi connectivity index (χ4v) is 3.95. The summed E-state index contributed by atoms with van der Waals surface area (Å²) in [5.41, 5.74) is 3.11. The number of ketones is 1. The molecule has 0 bridgehead atoms. The number of amides is 1. The van der Waals surface area contributed by atoms with Crippen molar-refractivity contribution in [3.8, 4) is 5.75 Å². The molecule has 4 rings (SSSR count). The number of rotatable bonds is 4. The summed E-state index contributed by atoms with van der Waals surface area (Å²) in [5.74, 6) is -1.82. The second-order valence-electron chi connectivity index (χ2n) is 7.74. The minimum atomic E-state index is -0.879. The van der Waals surface area contributed by atoms with Crippen LogP contribution < -0.4 is 9.64 Å². The van der Waals surface area contributed by atoms with Crippen LogP contribution in [0.4, 0.5) is 10.1 Å². The van der Waals surface area contributed by atoms with E-state index in [1.165, 1.54) is 36.3 Å². The number of aliphatic hydroxyl groups excluding tert-OH is 1. The van der Waals surface area contributed by atoms with Crippen molar-refractivity contribution in [2.45, 2.75) is 19.9 Å². The summed E-state index contributed by atoms with van der Waals surface area (Å²) < 4.78 is 18.8. The zero-order valence-corrected chi connectivity index (χ0v) is 17.9. The first-order chi connectivity index (χ1) is 15.3. The van der Waals surface area contributed by atoms with Gasteiger partial charge in [0.2, 0.25) is 0 Å². The van der Waals surface area contributed by atoms with Crippen LogP contribution in [-0.4, -0.2) is 23.9 Å². The topological polar surface area (TPSA) is 66.8 Å². The van der Waals surface area contributed by atoms with Gasteiger partial charge in [0.15, 0.2) is 0 Å².